The van der Waals surface area contributed by atoms with Crippen LogP contribution >= 0.6 is 0 Å². The number of primary amides is 1. The molecule has 1 aromatic heterocycles. The fourth-order valence-corrected chi connectivity index (χ4v) is 3.10. The van der Waals surface area contributed by atoms with Crippen LogP contribution in [0.15, 0.2) is 30.3 Å². The number of rotatable bonds is 2. The highest BCUT2D eigenvalue weighted by molar-refractivity contribution is 6.05. The number of carbonyl (C=O) groups is 1. The molecule has 0 aliphatic rings. The van der Waals surface area contributed by atoms with Crippen LogP contribution in [0.4, 0.5) is 8.78 Å². The molecule has 4 nitrogen and oxygen atoms in total. The molecule has 0 aliphatic carbocycles. The summed E-state index contributed by atoms with van der Waals surface area (Å²) < 4.78 is 29.1. The molecule has 1 amide bonds. The van der Waals surface area contributed by atoms with E-state index < -0.39 is 17.5 Å². The fourth-order valence-electron chi connectivity index (χ4n) is 3.10. The van der Waals surface area contributed by atoms with Crippen molar-refractivity contribution < 1.29 is 13.6 Å². The van der Waals surface area contributed by atoms with Crippen molar-refractivity contribution in [3.05, 3.63) is 58.8 Å². The summed E-state index contributed by atoms with van der Waals surface area (Å²) in [4.78, 5) is 11.7. The van der Waals surface area contributed by atoms with Crippen LogP contribution in [0.1, 0.15) is 21.6 Å². The molecule has 0 fully saturated rings. The smallest absolute Gasteiger partial charge is 0.265 e. The lowest BCUT2D eigenvalue weighted by Crippen LogP contribution is -2.16. The number of nitriles is 1. The zero-order valence-corrected chi connectivity index (χ0v) is 13.0. The Morgan fingerprint density at radius 2 is 1.92 bits per heavy atom. The average Bonchev–Trinajstić information content (AvgIpc) is 2.78. The predicted octanol–water partition coefficient (Wildman–Crippen LogP) is 3.40. The van der Waals surface area contributed by atoms with E-state index >= 15 is 0 Å². The molecule has 0 aliphatic heterocycles. The van der Waals surface area contributed by atoms with Crippen LogP contribution in [0.25, 0.3) is 22.0 Å². The summed E-state index contributed by atoms with van der Waals surface area (Å²) in [5.74, 6) is -2.05. The van der Waals surface area contributed by atoms with Gasteiger partial charge in [0.05, 0.1) is 17.1 Å². The molecule has 2 aromatic carbocycles. The highest BCUT2D eigenvalue weighted by Crippen LogP contribution is 2.36. The van der Waals surface area contributed by atoms with Gasteiger partial charge in [0.1, 0.15) is 17.3 Å². The van der Waals surface area contributed by atoms with Gasteiger partial charge in [-0.15, -0.1) is 0 Å². The number of carbonyl (C=O) groups excluding carboxylic acids is 1. The van der Waals surface area contributed by atoms with E-state index in [1.165, 1.54) is 12.1 Å². The van der Waals surface area contributed by atoms with E-state index in [9.17, 15) is 18.8 Å². The fraction of sp³-hybridized carbons (Fsp3) is 0.111. The summed E-state index contributed by atoms with van der Waals surface area (Å²) in [5.41, 5.74) is 7.76. The number of hydrogen-bond donors (Lipinski definition) is 1. The molecule has 0 bridgehead atoms. The van der Waals surface area contributed by atoms with Gasteiger partial charge in [0.15, 0.2) is 0 Å². The van der Waals surface area contributed by atoms with Crippen molar-refractivity contribution in [2.45, 2.75) is 6.92 Å². The van der Waals surface area contributed by atoms with Crippen LogP contribution in [0.2, 0.25) is 0 Å². The Balaban J connectivity index is 2.49. The summed E-state index contributed by atoms with van der Waals surface area (Å²) in [6, 6.07) is 8.41. The third-order valence-corrected chi connectivity index (χ3v) is 4.12. The number of nitrogens with two attached hydrogens (primary N) is 1. The molecule has 3 rings (SSSR count). The Morgan fingerprint density at radius 1 is 1.21 bits per heavy atom. The van der Waals surface area contributed by atoms with E-state index in [1.807, 2.05) is 6.07 Å². The van der Waals surface area contributed by atoms with Crippen LogP contribution < -0.4 is 5.73 Å². The van der Waals surface area contributed by atoms with Crippen molar-refractivity contribution in [3.8, 4) is 17.2 Å². The predicted molar refractivity (Wildman–Crippen MR) is 86.2 cm³/mol. The Labute approximate surface area is 136 Å². The van der Waals surface area contributed by atoms with Gasteiger partial charge in [-0.05, 0) is 36.8 Å². The highest BCUT2D eigenvalue weighted by atomic mass is 19.1. The van der Waals surface area contributed by atoms with Gasteiger partial charge in [-0.25, -0.2) is 8.78 Å². The Morgan fingerprint density at radius 3 is 2.50 bits per heavy atom. The Kier molecular flexibility index (Phi) is 3.57. The first-order chi connectivity index (χ1) is 11.3. The summed E-state index contributed by atoms with van der Waals surface area (Å²) in [6.45, 7) is 1.72. The molecular weight excluding hydrogens is 312 g/mol. The second-order valence-corrected chi connectivity index (χ2v) is 5.55. The molecular formula is C18H13F2N3O. The minimum absolute atomic E-state index is 0.148. The number of nitrogens with zero attached hydrogens (tertiary/aromatic N) is 2. The van der Waals surface area contributed by atoms with Gasteiger partial charge >= 0.3 is 0 Å². The zero-order chi connectivity index (χ0) is 17.6. The molecule has 0 spiro atoms. The molecule has 3 aromatic rings. The molecule has 0 saturated carbocycles. The minimum atomic E-state index is -0.745. The molecule has 0 radical (unpaired) electrons. The van der Waals surface area contributed by atoms with Crippen molar-refractivity contribution in [1.82, 2.24) is 4.57 Å². The van der Waals surface area contributed by atoms with Gasteiger partial charge < -0.3 is 10.3 Å². The maximum absolute atomic E-state index is 14.3. The zero-order valence-electron chi connectivity index (χ0n) is 13.0. The normalized spacial score (nSPS) is 10.8. The van der Waals surface area contributed by atoms with Crippen molar-refractivity contribution in [3.63, 3.8) is 0 Å². The number of aromatic nitrogens is 1. The maximum Gasteiger partial charge on any atom is 0.265 e. The van der Waals surface area contributed by atoms with Gasteiger partial charge in [0.2, 0.25) is 0 Å². The van der Waals surface area contributed by atoms with Crippen LogP contribution in [0.3, 0.4) is 0 Å². The molecule has 0 unspecified atom stereocenters. The van der Waals surface area contributed by atoms with Crippen LogP contribution in [0, 0.1) is 29.9 Å². The second kappa shape index (κ2) is 5.46. The first kappa shape index (κ1) is 15.7. The van der Waals surface area contributed by atoms with Gasteiger partial charge in [-0.1, -0.05) is 0 Å². The third-order valence-electron chi connectivity index (χ3n) is 4.12. The molecule has 1 heterocycles. The number of halogens is 2. The van der Waals surface area contributed by atoms with E-state index in [0.29, 0.717) is 27.6 Å². The van der Waals surface area contributed by atoms with Crippen molar-refractivity contribution >= 4 is 16.8 Å². The van der Waals surface area contributed by atoms with E-state index in [-0.39, 0.29) is 11.3 Å². The third kappa shape index (κ3) is 2.22. The molecule has 0 atom stereocenters. The summed E-state index contributed by atoms with van der Waals surface area (Å²) in [7, 11) is 1.65. The number of fused-ring (bicyclic) bond motifs is 1. The molecule has 0 saturated heterocycles. The van der Waals surface area contributed by atoms with E-state index in [2.05, 4.69) is 0 Å². The number of aryl methyl sites for hydroxylation is 2. The highest BCUT2D eigenvalue weighted by Gasteiger charge is 2.21. The van der Waals surface area contributed by atoms with E-state index in [0.717, 1.165) is 12.1 Å². The van der Waals surface area contributed by atoms with E-state index in [4.69, 9.17) is 5.73 Å². The number of amides is 1. The first-order valence-corrected chi connectivity index (χ1v) is 7.13. The molecule has 2 N–H and O–H groups in total. The van der Waals surface area contributed by atoms with E-state index in [1.54, 1.807) is 24.6 Å². The quantitative estimate of drug-likeness (QED) is 0.784. The topological polar surface area (TPSA) is 71.8 Å². The van der Waals surface area contributed by atoms with Crippen molar-refractivity contribution in [2.75, 3.05) is 0 Å². The van der Waals surface area contributed by atoms with Crippen LogP contribution in [0.5, 0.6) is 0 Å². The first-order valence-electron chi connectivity index (χ1n) is 7.13. The minimum Gasteiger partial charge on any atom is -0.364 e. The SMILES string of the molecule is Cc1c(C(N)=O)n(C)c2c(-c3ccc(F)cc3F)cc(C#N)cc12. The van der Waals surface area contributed by atoms with Crippen molar-refractivity contribution in [1.29, 1.82) is 5.26 Å². The molecule has 120 valence electrons. The molecule has 24 heavy (non-hydrogen) atoms. The van der Waals surface area contributed by atoms with Gasteiger partial charge in [0.25, 0.3) is 5.91 Å². The van der Waals surface area contributed by atoms with Gasteiger partial charge in [-0.2, -0.15) is 5.26 Å². The molecule has 6 heteroatoms. The lowest BCUT2D eigenvalue weighted by atomic mass is 9.98. The summed E-state index contributed by atoms with van der Waals surface area (Å²) >= 11 is 0. The monoisotopic (exact) mass is 325 g/mol. The lowest BCUT2D eigenvalue weighted by molar-refractivity contribution is 0.0992. The van der Waals surface area contributed by atoms with Gasteiger partial charge in [-0.3, -0.25) is 4.79 Å². The number of benzene rings is 2. The number of hydrogen-bond acceptors (Lipinski definition) is 2. The largest absolute Gasteiger partial charge is 0.364 e. The van der Waals surface area contributed by atoms with Crippen molar-refractivity contribution in [2.24, 2.45) is 12.8 Å². The summed E-state index contributed by atoms with van der Waals surface area (Å²) in [6.07, 6.45) is 0. The Bertz CT molecular complexity index is 1040. The maximum atomic E-state index is 14.3. The van der Waals surface area contributed by atoms with Gasteiger partial charge in [0, 0.05) is 29.6 Å². The summed E-state index contributed by atoms with van der Waals surface area (Å²) in [5, 5.41) is 9.88. The lowest BCUT2D eigenvalue weighted by Gasteiger charge is -2.09. The average molecular weight is 325 g/mol. The van der Waals surface area contributed by atoms with Crippen LogP contribution in [-0.2, 0) is 7.05 Å². The standard InChI is InChI=1S/C18H13F2N3O/c1-9-13-5-10(8-21)6-14(12-4-3-11(19)7-15(12)20)17(13)23(2)16(9)18(22)24/h3-7H,1-2H3,(H2,22,24). The second-order valence-electron chi connectivity index (χ2n) is 5.55. The van der Waals surface area contributed by atoms with Crippen LogP contribution in [-0.4, -0.2) is 10.5 Å². The Hall–Kier alpha value is -3.20.